The average molecular weight is 991 g/mol. The maximum Gasteiger partial charge on any atom is 0.416 e. The molecular formula is C58H34F12O2. The van der Waals surface area contributed by atoms with Crippen LogP contribution in [0.15, 0.2) is 170 Å². The van der Waals surface area contributed by atoms with Crippen LogP contribution in [-0.4, -0.2) is 14.2 Å². The quantitative estimate of drug-likeness (QED) is 0.117. The van der Waals surface area contributed by atoms with Crippen LogP contribution in [0.2, 0.25) is 0 Å². The Morgan fingerprint density at radius 3 is 0.667 bits per heavy atom. The number of rotatable bonds is 7. The van der Waals surface area contributed by atoms with E-state index in [-0.39, 0.29) is 0 Å². The third-order valence-corrected chi connectivity index (χ3v) is 13.0. The van der Waals surface area contributed by atoms with Crippen LogP contribution in [0, 0.1) is 0 Å². The normalized spacial score (nSPS) is 12.6. The van der Waals surface area contributed by atoms with Gasteiger partial charge in [-0.2, -0.15) is 52.7 Å². The van der Waals surface area contributed by atoms with Crippen molar-refractivity contribution in [1.29, 1.82) is 0 Å². The van der Waals surface area contributed by atoms with Crippen LogP contribution in [0.25, 0.3) is 98.7 Å². The van der Waals surface area contributed by atoms with Crippen LogP contribution < -0.4 is 9.47 Å². The van der Waals surface area contributed by atoms with Crippen molar-refractivity contribution in [3.63, 3.8) is 0 Å². The Bertz CT molecular complexity index is 3470. The summed E-state index contributed by atoms with van der Waals surface area (Å²) in [7, 11) is 2.92. The van der Waals surface area contributed by atoms with Gasteiger partial charge in [0.1, 0.15) is 11.5 Å². The second-order valence-corrected chi connectivity index (χ2v) is 17.2. The first-order valence-electron chi connectivity index (χ1n) is 22.0. The molecule has 10 rings (SSSR count). The van der Waals surface area contributed by atoms with E-state index in [1.54, 1.807) is 60.7 Å². The molecule has 0 saturated heterocycles. The zero-order valence-corrected chi connectivity index (χ0v) is 37.5. The maximum atomic E-state index is 13.7. The summed E-state index contributed by atoms with van der Waals surface area (Å²) in [5.74, 6) is 0.738. The smallest absolute Gasteiger partial charge is 0.416 e. The maximum absolute atomic E-state index is 13.7. The molecule has 0 amide bonds. The first kappa shape index (κ1) is 47.7. The molecule has 362 valence electrons. The van der Waals surface area contributed by atoms with Gasteiger partial charge in [-0.05, 0) is 162 Å². The van der Waals surface area contributed by atoms with Gasteiger partial charge in [-0.3, -0.25) is 0 Å². The molecule has 10 aromatic carbocycles. The first-order valence-corrected chi connectivity index (χ1v) is 22.0. The molecule has 0 aliphatic carbocycles. The summed E-state index contributed by atoms with van der Waals surface area (Å²) in [4.78, 5) is 0. The SMILES string of the molecule is COc1c2cc(-c3ccc(C(F)(F)F)cc3)ccc2c(-c2c3ccc(-c4ccc(C(F)(F)F)cc4)cc3c(OC)c3ccc(-c4ccc(C(F)(F)F)cc4)cc23)c2cc(-c3ccc(C(F)(F)F)cc3)ccc12. The monoisotopic (exact) mass is 990 g/mol. The molecule has 14 heteroatoms. The molecule has 0 aliphatic rings. The Morgan fingerprint density at radius 2 is 0.444 bits per heavy atom. The topological polar surface area (TPSA) is 18.5 Å². The summed E-state index contributed by atoms with van der Waals surface area (Å²) >= 11 is 0. The van der Waals surface area contributed by atoms with E-state index >= 15 is 0 Å². The van der Waals surface area contributed by atoms with Gasteiger partial charge >= 0.3 is 24.7 Å². The highest BCUT2D eigenvalue weighted by Crippen LogP contribution is 2.52. The predicted octanol–water partition coefficient (Wildman–Crippen LogP) is 18.7. The highest BCUT2D eigenvalue weighted by atomic mass is 19.4. The minimum absolute atomic E-state index is 0.369. The molecule has 0 heterocycles. The van der Waals surface area contributed by atoms with Gasteiger partial charge in [-0.15, -0.1) is 0 Å². The number of benzene rings is 10. The van der Waals surface area contributed by atoms with E-state index in [9.17, 15) is 52.7 Å². The molecule has 0 aliphatic heterocycles. The number of fused-ring (bicyclic) bond motifs is 4. The third kappa shape index (κ3) is 8.58. The van der Waals surface area contributed by atoms with Crippen molar-refractivity contribution in [1.82, 2.24) is 0 Å². The van der Waals surface area contributed by atoms with E-state index in [0.29, 0.717) is 110 Å². The molecule has 2 nitrogen and oxygen atoms in total. The van der Waals surface area contributed by atoms with Crippen LogP contribution in [0.4, 0.5) is 52.7 Å². The number of ether oxygens (including phenoxy) is 2. The Hall–Kier alpha value is -8.00. The lowest BCUT2D eigenvalue weighted by molar-refractivity contribution is -0.138. The molecule has 0 atom stereocenters. The highest BCUT2D eigenvalue weighted by Gasteiger charge is 2.33. The van der Waals surface area contributed by atoms with Gasteiger partial charge < -0.3 is 9.47 Å². The number of alkyl halides is 12. The van der Waals surface area contributed by atoms with Gasteiger partial charge in [0.25, 0.3) is 0 Å². The Morgan fingerprint density at radius 1 is 0.236 bits per heavy atom. The lowest BCUT2D eigenvalue weighted by Crippen LogP contribution is -2.04. The van der Waals surface area contributed by atoms with E-state index in [1.165, 1.54) is 62.8 Å². The standard InChI is InChI=1S/C58H34F12O2/c1-71-53-45-25-13-35(31-3-15-39(16-4-31)55(59,60)61)27-47(45)51(43-23-11-37(29-49(43)53)33-7-19-41(20-8-33)57(65,66)67)52-44-24-12-38(34-9-21-42(22-10-34)58(68,69)70)30-50(44)54(72-2)46-26-14-36(28-48(46)52)32-5-17-40(18-6-32)56(62,63)64/h3-30H,1-2H3. The number of hydrogen-bond donors (Lipinski definition) is 0. The molecule has 0 radical (unpaired) electrons. The summed E-state index contributed by atoms with van der Waals surface area (Å²) in [6.07, 6.45) is -18.3. The van der Waals surface area contributed by atoms with Crippen molar-refractivity contribution in [2.24, 2.45) is 0 Å². The lowest BCUT2D eigenvalue weighted by atomic mass is 9.83. The van der Waals surface area contributed by atoms with Crippen LogP contribution in [-0.2, 0) is 24.7 Å². The van der Waals surface area contributed by atoms with Gasteiger partial charge in [-0.1, -0.05) is 84.9 Å². The highest BCUT2D eigenvalue weighted by molar-refractivity contribution is 6.27. The minimum Gasteiger partial charge on any atom is -0.495 e. The van der Waals surface area contributed by atoms with E-state index in [2.05, 4.69) is 0 Å². The molecule has 0 saturated carbocycles. The molecule has 0 fully saturated rings. The summed E-state index contributed by atoms with van der Waals surface area (Å²) in [5, 5.41) is 4.37. The lowest BCUT2D eigenvalue weighted by Gasteiger charge is -2.23. The van der Waals surface area contributed by atoms with E-state index in [4.69, 9.17) is 9.47 Å². The molecule has 72 heavy (non-hydrogen) atoms. The average Bonchev–Trinajstić information content (AvgIpc) is 3.36. The van der Waals surface area contributed by atoms with Crippen molar-refractivity contribution < 1.29 is 62.2 Å². The summed E-state index contributed by atoms with van der Waals surface area (Å²) in [5.41, 5.74) is 1.71. The molecule has 0 bridgehead atoms. The van der Waals surface area contributed by atoms with Gasteiger partial charge in [0.15, 0.2) is 0 Å². The predicted molar refractivity (Wildman–Crippen MR) is 257 cm³/mol. The van der Waals surface area contributed by atoms with Crippen molar-refractivity contribution in [3.05, 3.63) is 192 Å². The molecule has 0 aromatic heterocycles. The first-order chi connectivity index (χ1) is 34.1. The van der Waals surface area contributed by atoms with Crippen LogP contribution in [0.5, 0.6) is 11.5 Å². The second kappa shape index (κ2) is 17.4. The zero-order chi connectivity index (χ0) is 51.1. The van der Waals surface area contributed by atoms with Crippen LogP contribution in [0.1, 0.15) is 22.3 Å². The fraction of sp³-hybridized carbons (Fsp3) is 0.103. The van der Waals surface area contributed by atoms with Crippen molar-refractivity contribution >= 4 is 43.1 Å². The van der Waals surface area contributed by atoms with Crippen molar-refractivity contribution in [3.8, 4) is 67.1 Å². The molecular weight excluding hydrogens is 957 g/mol. The van der Waals surface area contributed by atoms with Gasteiger partial charge in [0, 0.05) is 21.5 Å². The number of halogens is 12. The minimum atomic E-state index is -4.59. The molecule has 10 aromatic rings. The van der Waals surface area contributed by atoms with Crippen molar-refractivity contribution in [2.75, 3.05) is 14.2 Å². The third-order valence-electron chi connectivity index (χ3n) is 13.0. The van der Waals surface area contributed by atoms with Crippen molar-refractivity contribution in [2.45, 2.75) is 24.7 Å². The van der Waals surface area contributed by atoms with Gasteiger partial charge in [0.2, 0.25) is 0 Å². The Labute approximate surface area is 402 Å². The van der Waals surface area contributed by atoms with E-state index < -0.39 is 47.0 Å². The molecule has 0 unspecified atom stereocenters. The zero-order valence-electron chi connectivity index (χ0n) is 37.5. The largest absolute Gasteiger partial charge is 0.495 e. The molecule has 0 spiro atoms. The Kier molecular flexibility index (Phi) is 11.5. The summed E-state index contributed by atoms with van der Waals surface area (Å²) in [6, 6.07) is 39.9. The summed E-state index contributed by atoms with van der Waals surface area (Å²) < 4.78 is 177. The fourth-order valence-electron chi connectivity index (χ4n) is 9.48. The fourth-order valence-corrected chi connectivity index (χ4v) is 9.48. The van der Waals surface area contributed by atoms with Gasteiger partial charge in [0.05, 0.1) is 36.5 Å². The van der Waals surface area contributed by atoms with E-state index in [0.717, 1.165) is 48.5 Å². The second-order valence-electron chi connectivity index (χ2n) is 17.2. The number of methoxy groups -OCH3 is 2. The van der Waals surface area contributed by atoms with Crippen LogP contribution >= 0.6 is 0 Å². The summed E-state index contributed by atoms with van der Waals surface area (Å²) in [6.45, 7) is 0. The Balaban J connectivity index is 1.33. The van der Waals surface area contributed by atoms with Gasteiger partial charge in [-0.25, -0.2) is 0 Å². The van der Waals surface area contributed by atoms with E-state index in [1.807, 2.05) is 12.1 Å². The van der Waals surface area contributed by atoms with Crippen LogP contribution in [0.3, 0.4) is 0 Å². The number of hydrogen-bond acceptors (Lipinski definition) is 2. The molecule has 0 N–H and O–H groups in total.